The van der Waals surface area contributed by atoms with Crippen LogP contribution < -0.4 is 4.74 Å². The summed E-state index contributed by atoms with van der Waals surface area (Å²) < 4.78 is 5.28. The van der Waals surface area contributed by atoms with Gasteiger partial charge in [0, 0.05) is 18.3 Å². The summed E-state index contributed by atoms with van der Waals surface area (Å²) in [6, 6.07) is 6.39. The van der Waals surface area contributed by atoms with E-state index in [2.05, 4.69) is 11.1 Å². The SMILES string of the molecule is CC(C)Oc1cc[c]cn1. The molecule has 53 valence electrons. The fourth-order valence-electron chi connectivity index (χ4n) is 0.618. The van der Waals surface area contributed by atoms with Crippen LogP contribution in [0.2, 0.25) is 0 Å². The maximum atomic E-state index is 5.28. The molecule has 1 radical (unpaired) electrons. The number of nitrogens with zero attached hydrogens (tertiary/aromatic N) is 1. The second kappa shape index (κ2) is 3.20. The Hall–Kier alpha value is -1.05. The first-order valence-corrected chi connectivity index (χ1v) is 3.28. The van der Waals surface area contributed by atoms with Gasteiger partial charge in [0.15, 0.2) is 0 Å². The van der Waals surface area contributed by atoms with Crippen molar-refractivity contribution in [2.75, 3.05) is 0 Å². The number of hydrogen-bond donors (Lipinski definition) is 0. The van der Waals surface area contributed by atoms with Gasteiger partial charge in [-0.15, -0.1) is 0 Å². The molecule has 1 aromatic rings. The number of hydrogen-bond acceptors (Lipinski definition) is 2. The summed E-state index contributed by atoms with van der Waals surface area (Å²) in [7, 11) is 0. The number of aromatic nitrogens is 1. The molecule has 2 heteroatoms. The summed E-state index contributed by atoms with van der Waals surface area (Å²) in [6.45, 7) is 3.94. The molecule has 0 unspecified atom stereocenters. The van der Waals surface area contributed by atoms with Gasteiger partial charge in [-0.2, -0.15) is 0 Å². The highest BCUT2D eigenvalue weighted by atomic mass is 16.5. The zero-order valence-electron chi connectivity index (χ0n) is 6.16. The Kier molecular flexibility index (Phi) is 2.26. The third-order valence-electron chi connectivity index (χ3n) is 0.945. The predicted molar refractivity (Wildman–Crippen MR) is 38.8 cm³/mol. The van der Waals surface area contributed by atoms with Gasteiger partial charge in [-0.25, -0.2) is 4.98 Å². The van der Waals surface area contributed by atoms with Gasteiger partial charge in [0.25, 0.3) is 0 Å². The van der Waals surface area contributed by atoms with Crippen LogP contribution in [-0.2, 0) is 0 Å². The zero-order chi connectivity index (χ0) is 7.40. The summed E-state index contributed by atoms with van der Waals surface area (Å²) in [4.78, 5) is 3.94. The van der Waals surface area contributed by atoms with Crippen molar-refractivity contribution in [1.29, 1.82) is 0 Å². The largest absolute Gasteiger partial charge is 0.475 e. The van der Waals surface area contributed by atoms with Crippen LogP contribution in [0.25, 0.3) is 0 Å². The number of pyridine rings is 1. The van der Waals surface area contributed by atoms with Crippen LogP contribution in [-0.4, -0.2) is 11.1 Å². The topological polar surface area (TPSA) is 22.1 Å². The molecule has 1 heterocycles. The predicted octanol–water partition coefficient (Wildman–Crippen LogP) is 1.67. The van der Waals surface area contributed by atoms with Crippen LogP contribution in [0.1, 0.15) is 13.8 Å². The first-order chi connectivity index (χ1) is 4.79. The molecular formula is C8H10NO. The molecule has 0 atom stereocenters. The van der Waals surface area contributed by atoms with E-state index in [1.807, 2.05) is 13.8 Å². The van der Waals surface area contributed by atoms with E-state index in [9.17, 15) is 0 Å². The minimum Gasteiger partial charge on any atom is -0.475 e. The van der Waals surface area contributed by atoms with Crippen molar-refractivity contribution in [2.45, 2.75) is 20.0 Å². The van der Waals surface area contributed by atoms with E-state index in [4.69, 9.17) is 4.74 Å². The molecule has 2 nitrogen and oxygen atoms in total. The van der Waals surface area contributed by atoms with Gasteiger partial charge in [0.2, 0.25) is 5.88 Å². The summed E-state index contributed by atoms with van der Waals surface area (Å²) in [5.74, 6) is 0.661. The molecular weight excluding hydrogens is 126 g/mol. The van der Waals surface area contributed by atoms with E-state index in [1.165, 1.54) is 0 Å². The van der Waals surface area contributed by atoms with Crippen molar-refractivity contribution in [3.05, 3.63) is 24.4 Å². The smallest absolute Gasteiger partial charge is 0.213 e. The van der Waals surface area contributed by atoms with Crippen LogP contribution in [0.3, 0.4) is 0 Å². The molecule has 0 N–H and O–H groups in total. The van der Waals surface area contributed by atoms with Gasteiger partial charge in [0.1, 0.15) is 0 Å². The Balaban J connectivity index is 2.59. The second-order valence-corrected chi connectivity index (χ2v) is 2.26. The molecule has 0 fully saturated rings. The Morgan fingerprint density at radius 3 is 2.90 bits per heavy atom. The molecule has 0 aliphatic heterocycles. The average molecular weight is 136 g/mol. The zero-order valence-corrected chi connectivity index (χ0v) is 6.16. The van der Waals surface area contributed by atoms with E-state index >= 15 is 0 Å². The maximum absolute atomic E-state index is 5.28. The van der Waals surface area contributed by atoms with Gasteiger partial charge >= 0.3 is 0 Å². The molecule has 10 heavy (non-hydrogen) atoms. The fraction of sp³-hybridized carbons (Fsp3) is 0.375. The third kappa shape index (κ3) is 2.05. The minimum absolute atomic E-state index is 0.190. The van der Waals surface area contributed by atoms with Crippen LogP contribution in [0, 0.1) is 6.07 Å². The number of rotatable bonds is 2. The standard InChI is InChI=1S/C8H10NO/c1-7(2)10-8-5-3-4-6-9-8/h3,5-7H,1-2H3. The van der Waals surface area contributed by atoms with Crippen molar-refractivity contribution in [3.8, 4) is 5.88 Å². The van der Waals surface area contributed by atoms with E-state index in [0.29, 0.717) is 5.88 Å². The highest BCUT2D eigenvalue weighted by molar-refractivity contribution is 5.08. The fourth-order valence-corrected chi connectivity index (χ4v) is 0.618. The lowest BCUT2D eigenvalue weighted by atomic mass is 10.4. The van der Waals surface area contributed by atoms with Crippen molar-refractivity contribution in [1.82, 2.24) is 4.98 Å². The van der Waals surface area contributed by atoms with Gasteiger partial charge in [0.05, 0.1) is 6.10 Å². The first-order valence-electron chi connectivity index (χ1n) is 3.28. The van der Waals surface area contributed by atoms with E-state index in [0.717, 1.165) is 0 Å². The molecule has 1 rings (SSSR count). The molecule has 1 aromatic heterocycles. The van der Waals surface area contributed by atoms with Crippen LogP contribution in [0.15, 0.2) is 18.3 Å². The highest BCUT2D eigenvalue weighted by Crippen LogP contribution is 2.04. The van der Waals surface area contributed by atoms with Gasteiger partial charge in [-0.3, -0.25) is 0 Å². The van der Waals surface area contributed by atoms with Crippen molar-refractivity contribution in [2.24, 2.45) is 0 Å². The Labute approximate surface area is 60.9 Å². The van der Waals surface area contributed by atoms with Crippen molar-refractivity contribution in [3.63, 3.8) is 0 Å². The Morgan fingerprint density at radius 2 is 2.40 bits per heavy atom. The molecule has 0 amide bonds. The summed E-state index contributed by atoms with van der Waals surface area (Å²) in [5.41, 5.74) is 0. The lowest BCUT2D eigenvalue weighted by Gasteiger charge is -2.06. The van der Waals surface area contributed by atoms with Gasteiger partial charge in [-0.05, 0) is 19.9 Å². The molecule has 0 spiro atoms. The Morgan fingerprint density at radius 1 is 1.60 bits per heavy atom. The van der Waals surface area contributed by atoms with Crippen LogP contribution in [0.5, 0.6) is 5.88 Å². The molecule has 0 aliphatic carbocycles. The van der Waals surface area contributed by atoms with Gasteiger partial charge < -0.3 is 4.74 Å². The van der Waals surface area contributed by atoms with Crippen molar-refractivity contribution < 1.29 is 4.74 Å². The molecule has 0 saturated heterocycles. The van der Waals surface area contributed by atoms with Crippen molar-refractivity contribution >= 4 is 0 Å². The van der Waals surface area contributed by atoms with E-state index in [1.54, 1.807) is 18.3 Å². The highest BCUT2D eigenvalue weighted by Gasteiger charge is 1.94. The van der Waals surface area contributed by atoms with E-state index in [-0.39, 0.29) is 6.10 Å². The molecule has 0 aromatic carbocycles. The third-order valence-corrected chi connectivity index (χ3v) is 0.945. The van der Waals surface area contributed by atoms with Crippen LogP contribution >= 0.6 is 0 Å². The summed E-state index contributed by atoms with van der Waals surface area (Å²) in [6.07, 6.45) is 1.78. The Bertz CT molecular complexity index is 184. The van der Waals surface area contributed by atoms with Crippen LogP contribution in [0.4, 0.5) is 0 Å². The lowest BCUT2D eigenvalue weighted by Crippen LogP contribution is -2.06. The second-order valence-electron chi connectivity index (χ2n) is 2.26. The average Bonchev–Trinajstić information content (AvgIpc) is 1.88. The summed E-state index contributed by atoms with van der Waals surface area (Å²) >= 11 is 0. The first kappa shape index (κ1) is 7.06. The quantitative estimate of drug-likeness (QED) is 0.617. The lowest BCUT2D eigenvalue weighted by molar-refractivity contribution is 0.232. The molecule has 0 aliphatic rings. The molecule has 0 bridgehead atoms. The maximum Gasteiger partial charge on any atom is 0.213 e. The number of ether oxygens (including phenoxy) is 1. The normalized spacial score (nSPS) is 9.90. The van der Waals surface area contributed by atoms with Gasteiger partial charge in [-0.1, -0.05) is 0 Å². The molecule has 0 saturated carbocycles. The summed E-state index contributed by atoms with van der Waals surface area (Å²) in [5, 5.41) is 0. The van der Waals surface area contributed by atoms with E-state index < -0.39 is 0 Å². The minimum atomic E-state index is 0.190. The monoisotopic (exact) mass is 136 g/mol.